The lowest BCUT2D eigenvalue weighted by Crippen LogP contribution is -2.68. The Kier molecular flexibility index (Phi) is 5.01. The molecule has 2 saturated carbocycles. The van der Waals surface area contributed by atoms with Crippen LogP contribution < -0.4 is 0 Å². The number of piperazine rings is 1. The summed E-state index contributed by atoms with van der Waals surface area (Å²) in [5.74, 6) is -0.879. The summed E-state index contributed by atoms with van der Waals surface area (Å²) in [4.78, 5) is 14.9. The second-order valence-corrected chi connectivity index (χ2v) is 10.1. The van der Waals surface area contributed by atoms with Gasteiger partial charge in [0.25, 0.3) is 0 Å². The summed E-state index contributed by atoms with van der Waals surface area (Å²) in [6.07, 6.45) is 9.06. The monoisotopic (exact) mass is 394 g/mol. The molecule has 1 heterocycles. The predicted molar refractivity (Wildman–Crippen MR) is 100 cm³/mol. The highest BCUT2D eigenvalue weighted by Gasteiger charge is 2.51. The zero-order valence-electron chi connectivity index (χ0n) is 15.6. The zero-order chi connectivity index (χ0) is 19.1. The third kappa shape index (κ3) is 3.29. The molecule has 3 aliphatic rings. The largest absolute Gasteiger partial charge is 0.332 e. The van der Waals surface area contributed by atoms with Gasteiger partial charge in [-0.05, 0) is 37.8 Å². The van der Waals surface area contributed by atoms with Crippen molar-refractivity contribution in [2.75, 3.05) is 13.1 Å². The van der Waals surface area contributed by atoms with Crippen LogP contribution in [0.1, 0.15) is 57.8 Å². The normalized spacial score (nSPS) is 24.6. The van der Waals surface area contributed by atoms with E-state index in [-0.39, 0.29) is 29.9 Å². The summed E-state index contributed by atoms with van der Waals surface area (Å²) in [6, 6.07) is 5.66. The van der Waals surface area contributed by atoms with Crippen molar-refractivity contribution < 1.29 is 17.6 Å². The molecular formula is C20H27FN2O3S. The summed E-state index contributed by atoms with van der Waals surface area (Å²) in [7, 11) is -4.04. The van der Waals surface area contributed by atoms with Crippen LogP contribution in [0.2, 0.25) is 0 Å². The molecule has 1 spiro atoms. The molecule has 148 valence electrons. The average Bonchev–Trinajstić information content (AvgIpc) is 3.16. The molecule has 0 aromatic heterocycles. The van der Waals surface area contributed by atoms with Crippen molar-refractivity contribution in [2.45, 2.75) is 74.3 Å². The van der Waals surface area contributed by atoms with Gasteiger partial charge in [0.15, 0.2) is 0 Å². The van der Waals surface area contributed by atoms with Gasteiger partial charge in [-0.2, -0.15) is 4.31 Å². The van der Waals surface area contributed by atoms with Gasteiger partial charge in [-0.3, -0.25) is 4.79 Å². The van der Waals surface area contributed by atoms with Gasteiger partial charge < -0.3 is 4.90 Å². The van der Waals surface area contributed by atoms with Crippen molar-refractivity contribution in [1.82, 2.24) is 9.21 Å². The first-order chi connectivity index (χ1) is 12.9. The first kappa shape index (κ1) is 18.9. The van der Waals surface area contributed by atoms with E-state index in [1.165, 1.54) is 22.5 Å². The fourth-order valence-corrected chi connectivity index (χ4v) is 6.81. The molecule has 1 amide bonds. The molecule has 0 N–H and O–H groups in total. The molecule has 0 atom stereocenters. The van der Waals surface area contributed by atoms with E-state index in [0.29, 0.717) is 0 Å². The van der Waals surface area contributed by atoms with Gasteiger partial charge in [-0.15, -0.1) is 0 Å². The molecule has 1 aliphatic heterocycles. The van der Waals surface area contributed by atoms with Gasteiger partial charge in [0, 0.05) is 12.6 Å². The number of carbonyl (C=O) groups excluding carboxylic acids is 1. The van der Waals surface area contributed by atoms with Gasteiger partial charge in [-0.25, -0.2) is 12.8 Å². The summed E-state index contributed by atoms with van der Waals surface area (Å²) < 4.78 is 41.7. The molecule has 3 fully saturated rings. The fraction of sp³-hybridized carbons (Fsp3) is 0.650. The summed E-state index contributed by atoms with van der Waals surface area (Å²) in [6.45, 7) is 0.0980. The Bertz CT molecular complexity index is 814. The van der Waals surface area contributed by atoms with Crippen LogP contribution in [0, 0.1) is 5.82 Å². The van der Waals surface area contributed by atoms with Gasteiger partial charge in [0.05, 0.1) is 12.1 Å². The van der Waals surface area contributed by atoms with Crippen molar-refractivity contribution in [1.29, 1.82) is 0 Å². The number of hydrogen-bond donors (Lipinski definition) is 0. The highest BCUT2D eigenvalue weighted by Crippen LogP contribution is 2.42. The fourth-order valence-electron chi connectivity index (χ4n) is 5.28. The number of benzene rings is 1. The van der Waals surface area contributed by atoms with Crippen molar-refractivity contribution in [3.63, 3.8) is 0 Å². The van der Waals surface area contributed by atoms with Crippen molar-refractivity contribution >= 4 is 15.9 Å². The topological polar surface area (TPSA) is 57.7 Å². The number of halogens is 1. The third-order valence-corrected chi connectivity index (χ3v) is 8.32. The lowest BCUT2D eigenvalue weighted by Gasteiger charge is -2.54. The Balaban J connectivity index is 1.69. The van der Waals surface area contributed by atoms with Gasteiger partial charge in [-0.1, -0.05) is 44.2 Å². The van der Waals surface area contributed by atoms with Crippen LogP contribution in [0.4, 0.5) is 4.39 Å². The lowest BCUT2D eigenvalue weighted by molar-refractivity contribution is -0.150. The molecule has 4 rings (SSSR count). The van der Waals surface area contributed by atoms with E-state index in [0.717, 1.165) is 63.9 Å². The molecular weight excluding hydrogens is 367 g/mol. The maximum atomic E-state index is 14.2. The van der Waals surface area contributed by atoms with Gasteiger partial charge in [0.1, 0.15) is 10.7 Å². The van der Waals surface area contributed by atoms with E-state index in [9.17, 15) is 17.6 Å². The Morgan fingerprint density at radius 1 is 1.00 bits per heavy atom. The lowest BCUT2D eigenvalue weighted by atomic mass is 9.78. The maximum Gasteiger partial charge on any atom is 0.246 e. The number of sulfonamides is 1. The van der Waals surface area contributed by atoms with Crippen LogP contribution in [-0.2, 0) is 14.8 Å². The quantitative estimate of drug-likeness (QED) is 0.790. The number of nitrogens with zero attached hydrogens (tertiary/aromatic N) is 2. The Labute approximate surface area is 160 Å². The molecule has 0 unspecified atom stereocenters. The molecule has 0 bridgehead atoms. The Hall–Kier alpha value is -1.47. The first-order valence-corrected chi connectivity index (χ1v) is 11.4. The molecule has 1 saturated heterocycles. The van der Waals surface area contributed by atoms with E-state index in [4.69, 9.17) is 0 Å². The van der Waals surface area contributed by atoms with E-state index in [1.807, 2.05) is 4.90 Å². The van der Waals surface area contributed by atoms with Gasteiger partial charge in [0.2, 0.25) is 15.9 Å². The maximum absolute atomic E-state index is 14.2. The molecule has 27 heavy (non-hydrogen) atoms. The molecule has 1 aromatic rings. The van der Waals surface area contributed by atoms with E-state index < -0.39 is 21.4 Å². The van der Waals surface area contributed by atoms with Crippen LogP contribution >= 0.6 is 0 Å². The number of amides is 1. The summed E-state index contributed by atoms with van der Waals surface area (Å²) in [5.41, 5.74) is -0.430. The van der Waals surface area contributed by atoms with Crippen LogP contribution in [0.15, 0.2) is 29.2 Å². The highest BCUT2D eigenvalue weighted by molar-refractivity contribution is 7.89. The van der Waals surface area contributed by atoms with Crippen LogP contribution in [-0.4, -0.2) is 48.2 Å². The minimum atomic E-state index is -4.04. The molecule has 0 radical (unpaired) electrons. The van der Waals surface area contributed by atoms with Crippen LogP contribution in [0.5, 0.6) is 0 Å². The number of hydrogen-bond acceptors (Lipinski definition) is 3. The van der Waals surface area contributed by atoms with E-state index >= 15 is 0 Å². The van der Waals surface area contributed by atoms with Crippen molar-refractivity contribution in [3.8, 4) is 0 Å². The molecule has 5 nitrogen and oxygen atoms in total. The van der Waals surface area contributed by atoms with Crippen molar-refractivity contribution in [2.24, 2.45) is 0 Å². The number of carbonyl (C=O) groups is 1. The van der Waals surface area contributed by atoms with Crippen molar-refractivity contribution in [3.05, 3.63) is 30.1 Å². The van der Waals surface area contributed by atoms with E-state index in [1.54, 1.807) is 0 Å². The standard InChI is InChI=1S/C20H27FN2O3S/c21-17-10-4-5-11-18(17)27(25,26)22-14-19(24)23(16-8-2-3-9-16)20(15-22)12-6-1-7-13-20/h4-5,10-11,16H,1-3,6-9,12-15H2. The second kappa shape index (κ2) is 7.17. The van der Waals surface area contributed by atoms with Gasteiger partial charge >= 0.3 is 0 Å². The molecule has 2 aliphatic carbocycles. The minimum absolute atomic E-state index is 0.116. The van der Waals surface area contributed by atoms with E-state index in [2.05, 4.69) is 0 Å². The number of rotatable bonds is 3. The predicted octanol–water partition coefficient (Wildman–Crippen LogP) is 3.30. The molecule has 7 heteroatoms. The van der Waals surface area contributed by atoms with Crippen LogP contribution in [0.3, 0.4) is 0 Å². The first-order valence-electron chi connectivity index (χ1n) is 10.0. The summed E-state index contributed by atoms with van der Waals surface area (Å²) >= 11 is 0. The second-order valence-electron chi connectivity index (χ2n) is 8.19. The third-order valence-electron chi connectivity index (χ3n) is 6.49. The Morgan fingerprint density at radius 2 is 1.67 bits per heavy atom. The zero-order valence-corrected chi connectivity index (χ0v) is 16.4. The molecule has 1 aromatic carbocycles. The average molecular weight is 395 g/mol. The SMILES string of the molecule is O=C1CN(S(=O)(=O)c2ccccc2F)CC2(CCCCC2)N1C1CCCC1. The smallest absolute Gasteiger partial charge is 0.246 e. The highest BCUT2D eigenvalue weighted by atomic mass is 32.2. The Morgan fingerprint density at radius 3 is 2.33 bits per heavy atom. The summed E-state index contributed by atoms with van der Waals surface area (Å²) in [5, 5.41) is 0. The van der Waals surface area contributed by atoms with Crippen LogP contribution in [0.25, 0.3) is 0 Å². The minimum Gasteiger partial charge on any atom is -0.332 e.